The lowest BCUT2D eigenvalue weighted by atomic mass is 10.2. The van der Waals surface area contributed by atoms with E-state index in [4.69, 9.17) is 5.26 Å². The minimum Gasteiger partial charge on any atom is -0.322 e. The number of anilines is 2. The number of amides is 2. The van der Waals surface area contributed by atoms with Gasteiger partial charge in [0.05, 0.1) is 18.7 Å². The first kappa shape index (κ1) is 18.2. The average molecular weight is 337 g/mol. The summed E-state index contributed by atoms with van der Waals surface area (Å²) < 4.78 is 0. The molecule has 128 valence electrons. The zero-order valence-corrected chi connectivity index (χ0v) is 14.3. The van der Waals surface area contributed by atoms with Crippen molar-refractivity contribution < 1.29 is 14.5 Å². The van der Waals surface area contributed by atoms with Crippen LogP contribution in [0.5, 0.6) is 0 Å². The minimum absolute atomic E-state index is 0.146. The minimum atomic E-state index is -0.189. The van der Waals surface area contributed by atoms with Crippen molar-refractivity contribution in [3.63, 3.8) is 0 Å². The van der Waals surface area contributed by atoms with Gasteiger partial charge in [-0.2, -0.15) is 5.26 Å². The second-order valence-corrected chi connectivity index (χ2v) is 5.96. The predicted molar refractivity (Wildman–Crippen MR) is 96.2 cm³/mol. The Kier molecular flexibility index (Phi) is 6.26. The SMILES string of the molecule is Cc1ccc(NC(=O)C[NH+](C)CC(=O)Nc2ccc(C#N)cc2)cc1. The van der Waals surface area contributed by atoms with Crippen molar-refractivity contribution in [1.82, 2.24) is 0 Å². The highest BCUT2D eigenvalue weighted by atomic mass is 16.2. The van der Waals surface area contributed by atoms with Crippen molar-refractivity contribution >= 4 is 23.2 Å². The number of carbonyl (C=O) groups is 2. The van der Waals surface area contributed by atoms with Crippen molar-refractivity contribution in [3.8, 4) is 6.07 Å². The second-order valence-electron chi connectivity index (χ2n) is 5.96. The number of hydrogen-bond acceptors (Lipinski definition) is 3. The second kappa shape index (κ2) is 8.62. The Morgan fingerprint density at radius 1 is 0.920 bits per heavy atom. The molecule has 1 atom stereocenters. The Bertz CT molecular complexity index is 777. The maximum atomic E-state index is 12.0. The van der Waals surface area contributed by atoms with Crippen LogP contribution in [0.25, 0.3) is 0 Å². The topological polar surface area (TPSA) is 86.4 Å². The molecule has 0 aliphatic rings. The molecule has 2 aromatic carbocycles. The number of carbonyl (C=O) groups excluding carboxylic acids is 2. The molecule has 6 nitrogen and oxygen atoms in total. The Labute approximate surface area is 147 Å². The van der Waals surface area contributed by atoms with Crippen molar-refractivity contribution in [1.29, 1.82) is 5.26 Å². The quantitative estimate of drug-likeness (QED) is 0.734. The third-order valence-electron chi connectivity index (χ3n) is 3.56. The molecule has 2 amide bonds. The van der Waals surface area contributed by atoms with Crippen LogP contribution in [0, 0.1) is 18.3 Å². The van der Waals surface area contributed by atoms with Crippen LogP contribution < -0.4 is 15.5 Å². The van der Waals surface area contributed by atoms with Gasteiger partial charge in [-0.1, -0.05) is 17.7 Å². The fourth-order valence-corrected chi connectivity index (χ4v) is 2.29. The first-order valence-corrected chi connectivity index (χ1v) is 7.94. The molecule has 0 spiro atoms. The molecule has 25 heavy (non-hydrogen) atoms. The summed E-state index contributed by atoms with van der Waals surface area (Å²) in [6, 6.07) is 16.2. The summed E-state index contributed by atoms with van der Waals surface area (Å²) in [6.45, 7) is 2.34. The molecule has 3 N–H and O–H groups in total. The van der Waals surface area contributed by atoms with E-state index in [2.05, 4.69) is 10.6 Å². The Morgan fingerprint density at radius 3 is 1.80 bits per heavy atom. The average Bonchev–Trinajstić information content (AvgIpc) is 2.57. The molecule has 0 fully saturated rings. The lowest BCUT2D eigenvalue weighted by molar-refractivity contribution is -0.862. The van der Waals surface area contributed by atoms with Gasteiger partial charge in [0, 0.05) is 11.4 Å². The van der Waals surface area contributed by atoms with E-state index in [1.165, 1.54) is 0 Å². The van der Waals surface area contributed by atoms with E-state index in [1.54, 1.807) is 31.3 Å². The monoisotopic (exact) mass is 337 g/mol. The highest BCUT2D eigenvalue weighted by Crippen LogP contribution is 2.08. The molecule has 0 heterocycles. The van der Waals surface area contributed by atoms with Crippen LogP contribution in [0.3, 0.4) is 0 Å². The third-order valence-corrected chi connectivity index (χ3v) is 3.56. The Morgan fingerprint density at radius 2 is 1.36 bits per heavy atom. The molecular formula is C19H21N4O2+. The summed E-state index contributed by atoms with van der Waals surface area (Å²) in [5, 5.41) is 14.3. The number of quaternary nitrogens is 1. The molecule has 0 aromatic heterocycles. The molecule has 0 aliphatic carbocycles. The van der Waals surface area contributed by atoms with Gasteiger partial charge in [-0.25, -0.2) is 0 Å². The summed E-state index contributed by atoms with van der Waals surface area (Å²) in [7, 11) is 1.78. The number of nitrogens with zero attached hydrogens (tertiary/aromatic N) is 1. The molecule has 0 radical (unpaired) electrons. The van der Waals surface area contributed by atoms with Gasteiger partial charge >= 0.3 is 0 Å². The van der Waals surface area contributed by atoms with Crippen LogP contribution in [0.1, 0.15) is 11.1 Å². The zero-order chi connectivity index (χ0) is 18.2. The van der Waals surface area contributed by atoms with E-state index in [-0.39, 0.29) is 24.9 Å². The lowest BCUT2D eigenvalue weighted by Gasteiger charge is -2.14. The van der Waals surface area contributed by atoms with Crippen molar-refractivity contribution in [2.24, 2.45) is 0 Å². The largest absolute Gasteiger partial charge is 0.322 e. The number of benzene rings is 2. The number of nitriles is 1. The fourth-order valence-electron chi connectivity index (χ4n) is 2.29. The van der Waals surface area contributed by atoms with Gasteiger partial charge in [0.25, 0.3) is 11.8 Å². The van der Waals surface area contributed by atoms with Gasteiger partial charge in [0.1, 0.15) is 0 Å². The molecule has 1 unspecified atom stereocenters. The number of rotatable bonds is 6. The van der Waals surface area contributed by atoms with Crippen molar-refractivity contribution in [2.75, 3.05) is 30.8 Å². The van der Waals surface area contributed by atoms with Crippen molar-refractivity contribution in [3.05, 3.63) is 59.7 Å². The van der Waals surface area contributed by atoms with Gasteiger partial charge < -0.3 is 15.5 Å². The number of aryl methyl sites for hydroxylation is 1. The van der Waals surface area contributed by atoms with Gasteiger partial charge in [-0.3, -0.25) is 9.59 Å². The molecule has 2 rings (SSSR count). The molecule has 0 bridgehead atoms. The molecule has 6 heteroatoms. The van der Waals surface area contributed by atoms with E-state index in [0.29, 0.717) is 11.3 Å². The van der Waals surface area contributed by atoms with Crippen LogP contribution in [0.2, 0.25) is 0 Å². The zero-order valence-electron chi connectivity index (χ0n) is 14.3. The van der Waals surface area contributed by atoms with E-state index < -0.39 is 0 Å². The van der Waals surface area contributed by atoms with Crippen LogP contribution in [0.15, 0.2) is 48.5 Å². The highest BCUT2D eigenvalue weighted by Gasteiger charge is 2.14. The Balaban J connectivity index is 1.79. The Hall–Kier alpha value is -3.17. The number of nitrogens with one attached hydrogen (secondary N) is 3. The fraction of sp³-hybridized carbons (Fsp3) is 0.211. The van der Waals surface area contributed by atoms with Crippen LogP contribution in [0.4, 0.5) is 11.4 Å². The van der Waals surface area contributed by atoms with Crippen LogP contribution >= 0.6 is 0 Å². The third kappa shape index (κ3) is 6.09. The van der Waals surface area contributed by atoms with Crippen LogP contribution in [-0.2, 0) is 9.59 Å². The van der Waals surface area contributed by atoms with Crippen molar-refractivity contribution in [2.45, 2.75) is 6.92 Å². The first-order valence-electron chi connectivity index (χ1n) is 7.94. The van der Waals surface area contributed by atoms with E-state index in [9.17, 15) is 9.59 Å². The summed E-state index contributed by atoms with van der Waals surface area (Å²) in [5.41, 5.74) is 3.03. The molecular weight excluding hydrogens is 316 g/mol. The predicted octanol–water partition coefficient (Wildman–Crippen LogP) is 0.959. The van der Waals surface area contributed by atoms with Gasteiger partial charge in [-0.05, 0) is 43.3 Å². The standard InChI is InChI=1S/C19H20N4O2/c1-14-3-7-16(8-4-14)21-18(24)12-23(2)13-19(25)22-17-9-5-15(11-20)6-10-17/h3-10H,12-13H2,1-2H3,(H,21,24)(H,22,25)/p+1. The van der Waals surface area contributed by atoms with Gasteiger partial charge in [0.2, 0.25) is 0 Å². The molecule has 2 aromatic rings. The van der Waals surface area contributed by atoms with Crippen LogP contribution in [-0.4, -0.2) is 32.0 Å². The van der Waals surface area contributed by atoms with Gasteiger partial charge in [-0.15, -0.1) is 0 Å². The van der Waals surface area contributed by atoms with E-state index in [0.717, 1.165) is 16.2 Å². The summed E-state index contributed by atoms with van der Waals surface area (Å²) >= 11 is 0. The molecule has 0 saturated carbocycles. The van der Waals surface area contributed by atoms with E-state index >= 15 is 0 Å². The summed E-state index contributed by atoms with van der Waals surface area (Å²) in [4.78, 5) is 24.8. The molecule has 0 saturated heterocycles. The smallest absolute Gasteiger partial charge is 0.279 e. The maximum absolute atomic E-state index is 12.0. The highest BCUT2D eigenvalue weighted by molar-refractivity contribution is 5.93. The first-order chi connectivity index (χ1) is 12.0. The lowest BCUT2D eigenvalue weighted by Crippen LogP contribution is -3.11. The normalized spacial score (nSPS) is 11.2. The summed E-state index contributed by atoms with van der Waals surface area (Å²) in [6.07, 6.45) is 0. The van der Waals surface area contributed by atoms with E-state index in [1.807, 2.05) is 37.3 Å². The maximum Gasteiger partial charge on any atom is 0.279 e. The number of hydrogen-bond donors (Lipinski definition) is 3. The van der Waals surface area contributed by atoms with Gasteiger partial charge in [0.15, 0.2) is 13.1 Å². The number of likely N-dealkylation sites (N-methyl/N-ethyl adjacent to an activating group) is 1. The summed E-state index contributed by atoms with van der Waals surface area (Å²) in [5.74, 6) is -0.335. The molecule has 0 aliphatic heterocycles.